The fourth-order valence-corrected chi connectivity index (χ4v) is 2.27. The van der Waals surface area contributed by atoms with Gasteiger partial charge in [0.15, 0.2) is 0 Å². The lowest BCUT2D eigenvalue weighted by Gasteiger charge is -2.19. The van der Waals surface area contributed by atoms with E-state index in [1.54, 1.807) is 0 Å². The molecule has 0 heterocycles. The molecule has 0 fully saturated rings. The molecule has 2 nitrogen and oxygen atoms in total. The maximum atomic E-state index is 5.79. The van der Waals surface area contributed by atoms with Crippen molar-refractivity contribution in [3.63, 3.8) is 0 Å². The van der Waals surface area contributed by atoms with Crippen molar-refractivity contribution in [3.05, 3.63) is 28.8 Å². The summed E-state index contributed by atoms with van der Waals surface area (Å²) in [5.74, 6) is 1.58. The van der Waals surface area contributed by atoms with E-state index < -0.39 is 0 Å². The molecule has 1 atom stereocenters. The Hall–Kier alpha value is -1.02. The average Bonchev–Trinajstić information content (AvgIpc) is 2.29. The van der Waals surface area contributed by atoms with E-state index in [9.17, 15) is 0 Å². The van der Waals surface area contributed by atoms with Crippen molar-refractivity contribution in [1.29, 1.82) is 0 Å². The maximum Gasteiger partial charge on any atom is 0.125 e. The van der Waals surface area contributed by atoms with E-state index in [0.29, 0.717) is 5.92 Å². The highest BCUT2D eigenvalue weighted by molar-refractivity contribution is 5.45. The minimum absolute atomic E-state index is 0.513. The SMILES string of the molecule is CCOc1c(C)cc(C)cc1C(C)CCCN. The van der Waals surface area contributed by atoms with Crippen LogP contribution < -0.4 is 10.5 Å². The first-order chi connectivity index (χ1) is 8.10. The van der Waals surface area contributed by atoms with Crippen molar-refractivity contribution >= 4 is 0 Å². The topological polar surface area (TPSA) is 35.2 Å². The molecule has 96 valence electrons. The Labute approximate surface area is 105 Å². The van der Waals surface area contributed by atoms with Crippen LogP contribution in [0.3, 0.4) is 0 Å². The standard InChI is InChI=1S/C15H25NO/c1-5-17-15-13(4)9-11(2)10-14(15)12(3)7-6-8-16/h9-10,12H,5-8,16H2,1-4H3. The summed E-state index contributed by atoms with van der Waals surface area (Å²) in [6.45, 7) is 10.0. The van der Waals surface area contributed by atoms with Gasteiger partial charge in [-0.05, 0) is 57.2 Å². The number of rotatable bonds is 6. The summed E-state index contributed by atoms with van der Waals surface area (Å²) < 4.78 is 5.79. The summed E-state index contributed by atoms with van der Waals surface area (Å²) in [5.41, 5.74) is 9.45. The Morgan fingerprint density at radius 3 is 2.59 bits per heavy atom. The van der Waals surface area contributed by atoms with Gasteiger partial charge in [-0.25, -0.2) is 0 Å². The van der Waals surface area contributed by atoms with Crippen molar-refractivity contribution < 1.29 is 4.74 Å². The lowest BCUT2D eigenvalue weighted by atomic mass is 9.92. The van der Waals surface area contributed by atoms with Crippen molar-refractivity contribution in [2.45, 2.75) is 46.5 Å². The molecule has 0 aliphatic rings. The summed E-state index contributed by atoms with van der Waals surface area (Å²) in [4.78, 5) is 0. The molecule has 0 aliphatic carbocycles. The highest BCUT2D eigenvalue weighted by Crippen LogP contribution is 2.33. The van der Waals surface area contributed by atoms with Crippen molar-refractivity contribution in [3.8, 4) is 5.75 Å². The van der Waals surface area contributed by atoms with E-state index in [1.807, 2.05) is 6.92 Å². The Balaban J connectivity index is 3.01. The quantitative estimate of drug-likeness (QED) is 0.818. The van der Waals surface area contributed by atoms with E-state index in [2.05, 4.69) is 32.9 Å². The summed E-state index contributed by atoms with van der Waals surface area (Å²) >= 11 is 0. The molecule has 0 spiro atoms. The highest BCUT2D eigenvalue weighted by Gasteiger charge is 2.14. The molecule has 1 aromatic rings. The highest BCUT2D eigenvalue weighted by atomic mass is 16.5. The van der Waals surface area contributed by atoms with Crippen LogP contribution in [0.5, 0.6) is 5.75 Å². The number of nitrogens with two attached hydrogens (primary N) is 1. The molecule has 1 rings (SSSR count). The summed E-state index contributed by atoms with van der Waals surface area (Å²) in [5, 5.41) is 0. The molecule has 17 heavy (non-hydrogen) atoms. The van der Waals surface area contributed by atoms with E-state index in [1.165, 1.54) is 16.7 Å². The molecule has 1 aromatic carbocycles. The van der Waals surface area contributed by atoms with Crippen LogP contribution in [0.15, 0.2) is 12.1 Å². The Morgan fingerprint density at radius 1 is 1.29 bits per heavy atom. The van der Waals surface area contributed by atoms with Gasteiger partial charge in [-0.1, -0.05) is 24.6 Å². The fraction of sp³-hybridized carbons (Fsp3) is 0.600. The number of aryl methyl sites for hydroxylation is 2. The fourth-order valence-electron chi connectivity index (χ4n) is 2.27. The molecule has 1 unspecified atom stereocenters. The van der Waals surface area contributed by atoms with Crippen LogP contribution in [0.25, 0.3) is 0 Å². The van der Waals surface area contributed by atoms with Crippen LogP contribution in [0.2, 0.25) is 0 Å². The molecule has 0 bridgehead atoms. The normalized spacial score (nSPS) is 12.5. The number of benzene rings is 1. The first-order valence-electron chi connectivity index (χ1n) is 6.54. The second-order valence-corrected chi connectivity index (χ2v) is 4.77. The van der Waals surface area contributed by atoms with Gasteiger partial charge in [-0.2, -0.15) is 0 Å². The minimum Gasteiger partial charge on any atom is -0.493 e. The Bertz CT molecular complexity index is 360. The van der Waals surface area contributed by atoms with Crippen LogP contribution in [0, 0.1) is 13.8 Å². The zero-order valence-corrected chi connectivity index (χ0v) is 11.5. The second-order valence-electron chi connectivity index (χ2n) is 4.77. The van der Waals surface area contributed by atoms with Gasteiger partial charge in [-0.3, -0.25) is 0 Å². The molecule has 0 saturated heterocycles. The van der Waals surface area contributed by atoms with Gasteiger partial charge >= 0.3 is 0 Å². The third-order valence-electron chi connectivity index (χ3n) is 3.11. The zero-order chi connectivity index (χ0) is 12.8. The lowest BCUT2D eigenvalue weighted by Crippen LogP contribution is -2.06. The molecule has 0 radical (unpaired) electrons. The van der Waals surface area contributed by atoms with Gasteiger partial charge in [0.1, 0.15) is 5.75 Å². The smallest absolute Gasteiger partial charge is 0.125 e. The summed E-state index contributed by atoms with van der Waals surface area (Å²) in [6.07, 6.45) is 2.19. The van der Waals surface area contributed by atoms with Crippen molar-refractivity contribution in [2.75, 3.05) is 13.2 Å². The lowest BCUT2D eigenvalue weighted by molar-refractivity contribution is 0.331. The van der Waals surface area contributed by atoms with Gasteiger partial charge < -0.3 is 10.5 Å². The molecule has 2 heteroatoms. The largest absolute Gasteiger partial charge is 0.493 e. The van der Waals surface area contributed by atoms with Crippen LogP contribution >= 0.6 is 0 Å². The second kappa shape index (κ2) is 6.65. The zero-order valence-electron chi connectivity index (χ0n) is 11.5. The van der Waals surface area contributed by atoms with Gasteiger partial charge in [-0.15, -0.1) is 0 Å². The number of hydrogen-bond donors (Lipinski definition) is 1. The maximum absolute atomic E-state index is 5.79. The predicted molar refractivity (Wildman–Crippen MR) is 73.8 cm³/mol. The van der Waals surface area contributed by atoms with E-state index >= 15 is 0 Å². The predicted octanol–water partition coefficient (Wildman–Crippen LogP) is 3.54. The van der Waals surface area contributed by atoms with Gasteiger partial charge in [0.2, 0.25) is 0 Å². The van der Waals surface area contributed by atoms with Crippen LogP contribution in [-0.2, 0) is 0 Å². The third kappa shape index (κ3) is 3.74. The number of hydrogen-bond acceptors (Lipinski definition) is 2. The molecule has 0 aromatic heterocycles. The average molecular weight is 235 g/mol. The van der Waals surface area contributed by atoms with Crippen molar-refractivity contribution in [1.82, 2.24) is 0 Å². The molecular formula is C15H25NO. The molecule has 0 saturated carbocycles. The summed E-state index contributed by atoms with van der Waals surface area (Å²) in [6, 6.07) is 4.43. The Kier molecular flexibility index (Phi) is 5.49. The van der Waals surface area contributed by atoms with Crippen molar-refractivity contribution in [2.24, 2.45) is 5.73 Å². The van der Waals surface area contributed by atoms with Gasteiger partial charge in [0.05, 0.1) is 6.61 Å². The molecule has 2 N–H and O–H groups in total. The molecular weight excluding hydrogens is 210 g/mol. The van der Waals surface area contributed by atoms with E-state index in [4.69, 9.17) is 10.5 Å². The number of ether oxygens (including phenoxy) is 1. The van der Waals surface area contributed by atoms with Crippen LogP contribution in [0.4, 0.5) is 0 Å². The monoisotopic (exact) mass is 235 g/mol. The van der Waals surface area contributed by atoms with Crippen LogP contribution in [-0.4, -0.2) is 13.2 Å². The molecule has 0 aliphatic heterocycles. The minimum atomic E-state index is 0.513. The first kappa shape index (κ1) is 14.0. The van der Waals surface area contributed by atoms with Gasteiger partial charge in [0.25, 0.3) is 0 Å². The van der Waals surface area contributed by atoms with E-state index in [0.717, 1.165) is 31.7 Å². The Morgan fingerprint density at radius 2 is 2.00 bits per heavy atom. The first-order valence-corrected chi connectivity index (χ1v) is 6.54. The van der Waals surface area contributed by atoms with Crippen LogP contribution in [0.1, 0.15) is 49.3 Å². The van der Waals surface area contributed by atoms with E-state index in [-0.39, 0.29) is 0 Å². The molecule has 0 amide bonds. The summed E-state index contributed by atoms with van der Waals surface area (Å²) in [7, 11) is 0. The third-order valence-corrected chi connectivity index (χ3v) is 3.11. The van der Waals surface area contributed by atoms with Gasteiger partial charge in [0, 0.05) is 0 Å².